The summed E-state index contributed by atoms with van der Waals surface area (Å²) in [6.45, 7) is 4.46. The van der Waals surface area contributed by atoms with Crippen LogP contribution in [0.25, 0.3) is 0 Å². The molecule has 1 aromatic rings. The average molecular weight is 298 g/mol. The number of carbonyl (C=O) groups is 1. The van der Waals surface area contributed by atoms with Gasteiger partial charge in [-0.25, -0.2) is 13.1 Å². The minimum absolute atomic E-state index is 0.000901. The SMILES string of the molecule is CC(C)CC(CN)CC(=O)NS(=O)(=O)c1ccccc1. The molecule has 0 aliphatic carbocycles. The van der Waals surface area contributed by atoms with Crippen molar-refractivity contribution in [3.8, 4) is 0 Å². The van der Waals surface area contributed by atoms with Gasteiger partial charge in [-0.1, -0.05) is 32.0 Å². The van der Waals surface area contributed by atoms with Gasteiger partial charge in [-0.05, 0) is 36.9 Å². The maximum absolute atomic E-state index is 12.0. The van der Waals surface area contributed by atoms with Crippen LogP contribution in [-0.4, -0.2) is 20.9 Å². The van der Waals surface area contributed by atoms with Crippen molar-refractivity contribution in [3.05, 3.63) is 30.3 Å². The molecule has 1 amide bonds. The zero-order valence-corrected chi connectivity index (χ0v) is 12.7. The smallest absolute Gasteiger partial charge is 0.264 e. The molecular weight excluding hydrogens is 276 g/mol. The van der Waals surface area contributed by atoms with Gasteiger partial charge in [-0.2, -0.15) is 0 Å². The Morgan fingerprint density at radius 3 is 2.35 bits per heavy atom. The van der Waals surface area contributed by atoms with Crippen LogP contribution in [0.15, 0.2) is 35.2 Å². The Morgan fingerprint density at radius 1 is 1.25 bits per heavy atom. The first-order valence-electron chi connectivity index (χ1n) is 6.66. The third-order valence-electron chi connectivity index (χ3n) is 2.91. The lowest BCUT2D eigenvalue weighted by Gasteiger charge is -2.16. The van der Waals surface area contributed by atoms with Crippen molar-refractivity contribution < 1.29 is 13.2 Å². The monoisotopic (exact) mass is 298 g/mol. The molecule has 0 spiro atoms. The summed E-state index contributed by atoms with van der Waals surface area (Å²) < 4.78 is 26.0. The number of nitrogens with one attached hydrogen (secondary N) is 1. The number of hydrogen-bond donors (Lipinski definition) is 2. The lowest BCUT2D eigenvalue weighted by atomic mass is 9.94. The quantitative estimate of drug-likeness (QED) is 0.798. The predicted octanol–water partition coefficient (Wildman–Crippen LogP) is 1.50. The van der Waals surface area contributed by atoms with Crippen LogP contribution in [0.3, 0.4) is 0 Å². The summed E-state index contributed by atoms with van der Waals surface area (Å²) >= 11 is 0. The van der Waals surface area contributed by atoms with Crippen LogP contribution < -0.4 is 10.5 Å². The van der Waals surface area contributed by atoms with Crippen molar-refractivity contribution >= 4 is 15.9 Å². The third-order valence-corrected chi connectivity index (χ3v) is 4.30. The number of amides is 1. The molecule has 6 heteroatoms. The van der Waals surface area contributed by atoms with E-state index in [1.54, 1.807) is 18.2 Å². The molecule has 0 saturated heterocycles. The van der Waals surface area contributed by atoms with Gasteiger partial charge in [0.25, 0.3) is 10.0 Å². The molecule has 0 heterocycles. The normalized spacial score (nSPS) is 13.2. The van der Waals surface area contributed by atoms with E-state index in [2.05, 4.69) is 4.72 Å². The molecule has 3 N–H and O–H groups in total. The molecule has 0 aromatic heterocycles. The van der Waals surface area contributed by atoms with Gasteiger partial charge in [0.05, 0.1) is 4.90 Å². The fraction of sp³-hybridized carbons (Fsp3) is 0.500. The summed E-state index contributed by atoms with van der Waals surface area (Å²) in [5.41, 5.74) is 5.61. The summed E-state index contributed by atoms with van der Waals surface area (Å²) in [4.78, 5) is 11.9. The Kier molecular flexibility index (Phi) is 6.16. The van der Waals surface area contributed by atoms with Crippen LogP contribution >= 0.6 is 0 Å². The molecule has 20 heavy (non-hydrogen) atoms. The summed E-state index contributed by atoms with van der Waals surface area (Å²) in [5.74, 6) is -0.0898. The predicted molar refractivity (Wildman–Crippen MR) is 78.4 cm³/mol. The molecule has 1 unspecified atom stereocenters. The third kappa shape index (κ3) is 5.30. The highest BCUT2D eigenvalue weighted by Crippen LogP contribution is 2.15. The van der Waals surface area contributed by atoms with Crippen molar-refractivity contribution in [2.75, 3.05) is 6.54 Å². The van der Waals surface area contributed by atoms with Gasteiger partial charge in [-0.15, -0.1) is 0 Å². The lowest BCUT2D eigenvalue weighted by Crippen LogP contribution is -2.33. The molecule has 1 aromatic carbocycles. The molecule has 0 saturated carbocycles. The minimum atomic E-state index is -3.78. The topological polar surface area (TPSA) is 89.3 Å². The zero-order valence-electron chi connectivity index (χ0n) is 11.9. The van der Waals surface area contributed by atoms with Gasteiger partial charge in [0.15, 0.2) is 0 Å². The van der Waals surface area contributed by atoms with Crippen molar-refractivity contribution in [1.29, 1.82) is 0 Å². The number of hydrogen-bond acceptors (Lipinski definition) is 4. The maximum Gasteiger partial charge on any atom is 0.264 e. The summed E-state index contributed by atoms with van der Waals surface area (Å²) in [5, 5.41) is 0. The van der Waals surface area contributed by atoms with Crippen LogP contribution in [0.5, 0.6) is 0 Å². The van der Waals surface area contributed by atoms with Gasteiger partial charge < -0.3 is 5.73 Å². The molecule has 1 atom stereocenters. The van der Waals surface area contributed by atoms with Gasteiger partial charge in [-0.3, -0.25) is 4.79 Å². The van der Waals surface area contributed by atoms with E-state index in [1.807, 2.05) is 13.8 Å². The molecule has 0 radical (unpaired) electrons. The lowest BCUT2D eigenvalue weighted by molar-refractivity contribution is -0.120. The van der Waals surface area contributed by atoms with Crippen molar-refractivity contribution in [2.24, 2.45) is 17.6 Å². The van der Waals surface area contributed by atoms with Crippen LogP contribution in [0.1, 0.15) is 26.7 Å². The highest BCUT2D eigenvalue weighted by atomic mass is 32.2. The molecule has 0 fully saturated rings. The van der Waals surface area contributed by atoms with Gasteiger partial charge >= 0.3 is 0 Å². The Bertz CT molecular complexity index is 527. The Hall–Kier alpha value is -1.40. The highest BCUT2D eigenvalue weighted by Gasteiger charge is 2.20. The van der Waals surface area contributed by atoms with Crippen molar-refractivity contribution in [2.45, 2.75) is 31.6 Å². The first-order valence-corrected chi connectivity index (χ1v) is 8.14. The van der Waals surface area contributed by atoms with Crippen LogP contribution in [0, 0.1) is 11.8 Å². The Morgan fingerprint density at radius 2 is 1.85 bits per heavy atom. The van der Waals surface area contributed by atoms with E-state index in [0.29, 0.717) is 12.5 Å². The van der Waals surface area contributed by atoms with E-state index in [-0.39, 0.29) is 17.2 Å². The second-order valence-corrected chi connectivity index (χ2v) is 6.96. The summed E-state index contributed by atoms with van der Waals surface area (Å²) in [6.07, 6.45) is 0.927. The number of nitrogens with two attached hydrogens (primary N) is 1. The van der Waals surface area contributed by atoms with E-state index < -0.39 is 15.9 Å². The van der Waals surface area contributed by atoms with E-state index in [4.69, 9.17) is 5.73 Å². The molecule has 0 aliphatic heterocycles. The Labute approximate surface area is 120 Å². The number of sulfonamides is 1. The second kappa shape index (κ2) is 7.40. The maximum atomic E-state index is 12.0. The first-order chi connectivity index (χ1) is 9.35. The average Bonchev–Trinajstić information content (AvgIpc) is 2.37. The molecule has 1 rings (SSSR count). The van der Waals surface area contributed by atoms with Gasteiger partial charge in [0, 0.05) is 6.42 Å². The van der Waals surface area contributed by atoms with E-state index >= 15 is 0 Å². The number of benzene rings is 1. The standard InChI is InChI=1S/C14H22N2O3S/c1-11(2)8-12(10-15)9-14(17)16-20(18,19)13-6-4-3-5-7-13/h3-7,11-12H,8-10,15H2,1-2H3,(H,16,17). The van der Waals surface area contributed by atoms with Crippen LogP contribution in [0.2, 0.25) is 0 Å². The minimum Gasteiger partial charge on any atom is -0.330 e. The molecule has 5 nitrogen and oxygen atoms in total. The zero-order chi connectivity index (χ0) is 15.2. The fourth-order valence-corrected chi connectivity index (χ4v) is 3.06. The molecule has 0 bridgehead atoms. The van der Waals surface area contributed by atoms with E-state index in [0.717, 1.165) is 6.42 Å². The van der Waals surface area contributed by atoms with Crippen molar-refractivity contribution in [3.63, 3.8) is 0 Å². The summed E-state index contributed by atoms with van der Waals surface area (Å²) in [6, 6.07) is 7.84. The number of carbonyl (C=O) groups excluding carboxylic acids is 1. The fourth-order valence-electron chi connectivity index (χ4n) is 2.04. The summed E-state index contributed by atoms with van der Waals surface area (Å²) in [7, 11) is -3.78. The van der Waals surface area contributed by atoms with Crippen LogP contribution in [-0.2, 0) is 14.8 Å². The van der Waals surface area contributed by atoms with Gasteiger partial charge in [0.1, 0.15) is 0 Å². The molecule has 112 valence electrons. The molecule has 0 aliphatic rings. The number of rotatable bonds is 7. The molecular formula is C14H22N2O3S. The Balaban J connectivity index is 2.66. The highest BCUT2D eigenvalue weighted by molar-refractivity contribution is 7.90. The van der Waals surface area contributed by atoms with Crippen LogP contribution in [0.4, 0.5) is 0 Å². The van der Waals surface area contributed by atoms with Gasteiger partial charge in [0.2, 0.25) is 5.91 Å². The second-order valence-electron chi connectivity index (χ2n) is 5.28. The largest absolute Gasteiger partial charge is 0.330 e. The van der Waals surface area contributed by atoms with E-state index in [9.17, 15) is 13.2 Å². The van der Waals surface area contributed by atoms with E-state index in [1.165, 1.54) is 12.1 Å². The van der Waals surface area contributed by atoms with Crippen molar-refractivity contribution in [1.82, 2.24) is 4.72 Å². The first kappa shape index (κ1) is 16.7.